The van der Waals surface area contributed by atoms with Gasteiger partial charge >= 0.3 is 11.9 Å². The van der Waals surface area contributed by atoms with E-state index < -0.39 is 18.0 Å². The first-order valence-electron chi connectivity index (χ1n) is 10.5. The molecule has 2 aromatic rings. The van der Waals surface area contributed by atoms with E-state index in [9.17, 15) is 14.4 Å². The van der Waals surface area contributed by atoms with Gasteiger partial charge in [-0.25, -0.2) is 9.59 Å². The highest BCUT2D eigenvalue weighted by Gasteiger charge is 2.17. The van der Waals surface area contributed by atoms with Crippen molar-refractivity contribution in [1.29, 1.82) is 0 Å². The number of hydrogen-bond acceptors (Lipinski definition) is 5. The highest BCUT2D eigenvalue weighted by molar-refractivity contribution is 5.91. The number of carbonyl (C=O) groups excluding carboxylic acids is 2. The molecule has 0 saturated heterocycles. The van der Waals surface area contributed by atoms with Crippen LogP contribution >= 0.6 is 0 Å². The van der Waals surface area contributed by atoms with Crippen molar-refractivity contribution in [2.24, 2.45) is 0 Å². The smallest absolute Gasteiger partial charge is 0.343 e. The Hall–Kier alpha value is -3.35. The molecule has 0 aliphatic carbocycles. The van der Waals surface area contributed by atoms with Crippen LogP contribution in [0.15, 0.2) is 48.5 Å². The minimum Gasteiger partial charge on any atom is -0.494 e. The number of nitrogens with one attached hydrogen (secondary N) is 1. The van der Waals surface area contributed by atoms with E-state index in [1.54, 1.807) is 48.5 Å². The molecule has 1 amide bonds. The quantitative estimate of drug-likeness (QED) is 0.205. The molecule has 0 bridgehead atoms. The average Bonchev–Trinajstić information content (AvgIpc) is 2.77. The van der Waals surface area contributed by atoms with Crippen molar-refractivity contribution in [2.75, 3.05) is 6.61 Å². The standard InChI is InChI=1S/C24H29NO6/c1-2-3-4-5-6-15-30-20-13-9-19(10-14-20)24(29)31-21-11-7-18(8-12-21)16-22(23(27)28)25-17-26/h7-14,17,22H,2-6,15-16H2,1H3,(H,25,26)(H,27,28). The molecular formula is C24H29NO6. The zero-order valence-corrected chi connectivity index (χ0v) is 17.7. The Morgan fingerprint density at radius 2 is 1.61 bits per heavy atom. The zero-order valence-electron chi connectivity index (χ0n) is 17.7. The third kappa shape index (κ3) is 8.50. The normalized spacial score (nSPS) is 11.4. The molecule has 0 fully saturated rings. The second kappa shape index (κ2) is 13.1. The summed E-state index contributed by atoms with van der Waals surface area (Å²) >= 11 is 0. The van der Waals surface area contributed by atoms with Crippen LogP contribution < -0.4 is 14.8 Å². The number of benzene rings is 2. The molecular weight excluding hydrogens is 398 g/mol. The van der Waals surface area contributed by atoms with Crippen LogP contribution in [-0.4, -0.2) is 36.1 Å². The van der Waals surface area contributed by atoms with Crippen LogP contribution in [-0.2, 0) is 16.0 Å². The third-order valence-electron chi connectivity index (χ3n) is 4.75. The van der Waals surface area contributed by atoms with Gasteiger partial charge in [0.05, 0.1) is 12.2 Å². The number of carboxylic acid groups (broad SMARTS) is 1. The Labute approximate surface area is 182 Å². The van der Waals surface area contributed by atoms with Crippen LogP contribution in [0.3, 0.4) is 0 Å². The maximum absolute atomic E-state index is 12.3. The number of amides is 1. The Kier molecular flexibility index (Phi) is 10.1. The van der Waals surface area contributed by atoms with Crippen LogP contribution in [0.25, 0.3) is 0 Å². The molecule has 0 aliphatic rings. The second-order valence-corrected chi connectivity index (χ2v) is 7.20. The summed E-state index contributed by atoms with van der Waals surface area (Å²) in [4.78, 5) is 33.9. The van der Waals surface area contributed by atoms with Gasteiger partial charge in [0, 0.05) is 6.42 Å². The molecule has 1 atom stereocenters. The first-order valence-corrected chi connectivity index (χ1v) is 10.5. The molecule has 7 nitrogen and oxygen atoms in total. The van der Waals surface area contributed by atoms with Gasteiger partial charge < -0.3 is 19.9 Å². The minimum atomic E-state index is -1.12. The van der Waals surface area contributed by atoms with Gasteiger partial charge in [0.25, 0.3) is 0 Å². The first kappa shape index (κ1) is 23.9. The van der Waals surface area contributed by atoms with E-state index in [2.05, 4.69) is 12.2 Å². The SMILES string of the molecule is CCCCCCCOc1ccc(C(=O)Oc2ccc(CC(NC=O)C(=O)O)cc2)cc1. The maximum Gasteiger partial charge on any atom is 0.343 e. The van der Waals surface area contributed by atoms with E-state index in [1.807, 2.05) is 0 Å². The van der Waals surface area contributed by atoms with Crippen molar-refractivity contribution in [2.45, 2.75) is 51.5 Å². The van der Waals surface area contributed by atoms with Gasteiger partial charge in [-0.1, -0.05) is 44.7 Å². The molecule has 0 radical (unpaired) electrons. The fourth-order valence-corrected chi connectivity index (χ4v) is 2.98. The van der Waals surface area contributed by atoms with Crippen molar-refractivity contribution in [1.82, 2.24) is 5.32 Å². The molecule has 0 spiro atoms. The molecule has 2 N–H and O–H groups in total. The number of unbranched alkanes of at least 4 members (excludes halogenated alkanes) is 4. The minimum absolute atomic E-state index is 0.127. The maximum atomic E-state index is 12.3. The Balaban J connectivity index is 1.83. The van der Waals surface area contributed by atoms with Crippen molar-refractivity contribution in [3.8, 4) is 11.5 Å². The Morgan fingerprint density at radius 1 is 0.968 bits per heavy atom. The summed E-state index contributed by atoms with van der Waals surface area (Å²) in [5.74, 6) is -0.555. The van der Waals surface area contributed by atoms with E-state index in [0.717, 1.165) is 12.8 Å². The molecule has 2 rings (SSSR count). The molecule has 31 heavy (non-hydrogen) atoms. The summed E-state index contributed by atoms with van der Waals surface area (Å²) in [6, 6.07) is 12.3. The highest BCUT2D eigenvalue weighted by atomic mass is 16.5. The van der Waals surface area contributed by atoms with Gasteiger partial charge in [0.15, 0.2) is 0 Å². The van der Waals surface area contributed by atoms with Crippen LogP contribution in [0.1, 0.15) is 54.9 Å². The fraction of sp³-hybridized carbons (Fsp3) is 0.375. The summed E-state index contributed by atoms with van der Waals surface area (Å²) in [5.41, 5.74) is 1.10. The first-order chi connectivity index (χ1) is 15.0. The summed E-state index contributed by atoms with van der Waals surface area (Å²) in [6.07, 6.45) is 6.34. The van der Waals surface area contributed by atoms with Gasteiger partial charge in [0.1, 0.15) is 17.5 Å². The molecule has 166 valence electrons. The summed E-state index contributed by atoms with van der Waals surface area (Å²) < 4.78 is 11.1. The van der Waals surface area contributed by atoms with Crippen molar-refractivity contribution < 1.29 is 29.0 Å². The van der Waals surface area contributed by atoms with E-state index >= 15 is 0 Å². The van der Waals surface area contributed by atoms with Gasteiger partial charge in [-0.3, -0.25) is 4.79 Å². The largest absolute Gasteiger partial charge is 0.494 e. The van der Waals surface area contributed by atoms with Gasteiger partial charge in [-0.2, -0.15) is 0 Å². The van der Waals surface area contributed by atoms with Gasteiger partial charge in [0.2, 0.25) is 6.41 Å². The number of carboxylic acids is 1. The van der Waals surface area contributed by atoms with Crippen molar-refractivity contribution >= 4 is 18.3 Å². The lowest BCUT2D eigenvalue weighted by Crippen LogP contribution is -2.37. The predicted octanol–water partition coefficient (Wildman–Crippen LogP) is 4.00. The average molecular weight is 427 g/mol. The summed E-state index contributed by atoms with van der Waals surface area (Å²) in [6.45, 7) is 2.84. The molecule has 7 heteroatoms. The predicted molar refractivity (Wildman–Crippen MR) is 116 cm³/mol. The Bertz CT molecular complexity index is 832. The lowest BCUT2D eigenvalue weighted by molar-refractivity contribution is -0.140. The monoisotopic (exact) mass is 427 g/mol. The lowest BCUT2D eigenvalue weighted by Gasteiger charge is -2.11. The molecule has 0 aromatic heterocycles. The van der Waals surface area contributed by atoms with Crippen molar-refractivity contribution in [3.05, 3.63) is 59.7 Å². The molecule has 0 heterocycles. The van der Waals surface area contributed by atoms with Crippen LogP contribution in [0.4, 0.5) is 0 Å². The van der Waals surface area contributed by atoms with E-state index in [1.165, 1.54) is 19.3 Å². The van der Waals surface area contributed by atoms with Crippen LogP contribution in [0.5, 0.6) is 11.5 Å². The summed E-state index contributed by atoms with van der Waals surface area (Å²) in [7, 11) is 0. The molecule has 0 aliphatic heterocycles. The lowest BCUT2D eigenvalue weighted by atomic mass is 10.1. The molecule has 1 unspecified atom stereocenters. The fourth-order valence-electron chi connectivity index (χ4n) is 2.98. The van der Waals surface area contributed by atoms with E-state index in [0.29, 0.717) is 35.6 Å². The van der Waals surface area contributed by atoms with Crippen LogP contribution in [0.2, 0.25) is 0 Å². The molecule has 2 aromatic carbocycles. The van der Waals surface area contributed by atoms with Crippen molar-refractivity contribution in [3.63, 3.8) is 0 Å². The number of carbonyl (C=O) groups is 3. The number of ether oxygens (including phenoxy) is 2. The van der Waals surface area contributed by atoms with E-state index in [-0.39, 0.29) is 6.42 Å². The second-order valence-electron chi connectivity index (χ2n) is 7.20. The van der Waals surface area contributed by atoms with Crippen LogP contribution in [0, 0.1) is 0 Å². The van der Waals surface area contributed by atoms with E-state index in [4.69, 9.17) is 14.6 Å². The number of esters is 1. The third-order valence-corrected chi connectivity index (χ3v) is 4.75. The van der Waals surface area contributed by atoms with Gasteiger partial charge in [-0.05, 0) is 48.4 Å². The topological polar surface area (TPSA) is 102 Å². The highest BCUT2D eigenvalue weighted by Crippen LogP contribution is 2.18. The summed E-state index contributed by atoms with van der Waals surface area (Å²) in [5, 5.41) is 11.3. The molecule has 0 saturated carbocycles. The number of aliphatic carboxylic acids is 1. The Morgan fingerprint density at radius 3 is 2.23 bits per heavy atom. The number of hydrogen-bond donors (Lipinski definition) is 2. The zero-order chi connectivity index (χ0) is 22.5. The van der Waals surface area contributed by atoms with Gasteiger partial charge in [-0.15, -0.1) is 0 Å². The number of rotatable bonds is 14.